The van der Waals surface area contributed by atoms with Crippen molar-refractivity contribution in [2.24, 2.45) is 0 Å². The molecule has 4 heteroatoms. The van der Waals surface area contributed by atoms with Crippen molar-refractivity contribution in [3.63, 3.8) is 0 Å². The predicted molar refractivity (Wildman–Crippen MR) is 137 cm³/mol. The molecule has 0 rings (SSSR count). The SMILES string of the molecule is C/C=C/[C@H](O)[C@@H](/C=[CH]/[Sn]([CH2]CCC)([CH2]CCC)[CH2]CCC)O[Si](C)(C)C(C)(C)C. The van der Waals surface area contributed by atoms with Gasteiger partial charge in [0.25, 0.3) is 0 Å². The molecule has 172 valence electrons. The van der Waals surface area contributed by atoms with Gasteiger partial charge in [0.2, 0.25) is 0 Å². The van der Waals surface area contributed by atoms with E-state index in [0.717, 1.165) is 0 Å². The molecule has 0 aliphatic carbocycles. The first kappa shape index (κ1) is 29.4. The Labute approximate surface area is 188 Å². The van der Waals surface area contributed by atoms with Crippen LogP contribution in [0.2, 0.25) is 31.4 Å². The second-order valence-electron chi connectivity index (χ2n) is 10.4. The number of unbranched alkanes of at least 4 members (excludes halogenated alkanes) is 3. The van der Waals surface area contributed by atoms with E-state index >= 15 is 0 Å². The van der Waals surface area contributed by atoms with E-state index in [1.54, 1.807) is 0 Å². The molecular formula is C25H52O2SiSn. The predicted octanol–water partition coefficient (Wildman–Crippen LogP) is 8.26. The van der Waals surface area contributed by atoms with Gasteiger partial charge in [0.1, 0.15) is 0 Å². The van der Waals surface area contributed by atoms with Crippen LogP contribution < -0.4 is 0 Å². The van der Waals surface area contributed by atoms with Crippen LogP contribution in [0.5, 0.6) is 0 Å². The number of aliphatic hydroxyl groups excluding tert-OH is 1. The van der Waals surface area contributed by atoms with Crippen molar-refractivity contribution in [1.82, 2.24) is 0 Å². The van der Waals surface area contributed by atoms with Gasteiger partial charge in [0, 0.05) is 0 Å². The Balaban J connectivity index is 5.85. The molecule has 0 saturated carbocycles. The molecule has 0 unspecified atom stereocenters. The van der Waals surface area contributed by atoms with Crippen LogP contribution in [0.4, 0.5) is 0 Å². The maximum absolute atomic E-state index is 10.8. The van der Waals surface area contributed by atoms with Gasteiger partial charge in [0.05, 0.1) is 0 Å². The summed E-state index contributed by atoms with van der Waals surface area (Å²) in [6, 6.07) is 0. The van der Waals surface area contributed by atoms with Crippen molar-refractivity contribution in [2.45, 2.75) is 131 Å². The molecule has 1 N–H and O–H groups in total. The molecule has 0 aliphatic rings. The van der Waals surface area contributed by atoms with Crippen molar-refractivity contribution in [3.8, 4) is 0 Å². The molecule has 0 aromatic carbocycles. The molecule has 0 fully saturated rings. The van der Waals surface area contributed by atoms with E-state index in [1.165, 1.54) is 51.8 Å². The molecular weight excluding hydrogens is 479 g/mol. The minimum atomic E-state index is -2.38. The summed E-state index contributed by atoms with van der Waals surface area (Å²) < 4.78 is 13.7. The number of hydrogen-bond donors (Lipinski definition) is 1. The summed E-state index contributed by atoms with van der Waals surface area (Å²) in [5.74, 6) is 0. The van der Waals surface area contributed by atoms with Gasteiger partial charge in [-0.3, -0.25) is 0 Å². The first-order valence-corrected chi connectivity index (χ1v) is 22.8. The third kappa shape index (κ3) is 11.0. The fourth-order valence-corrected chi connectivity index (χ4v) is 19.1. The molecule has 0 saturated heterocycles. The van der Waals surface area contributed by atoms with Crippen LogP contribution >= 0.6 is 0 Å². The Morgan fingerprint density at radius 2 is 1.34 bits per heavy atom. The Hall–Kier alpha value is 0.416. The number of aliphatic hydroxyl groups is 1. The zero-order valence-corrected chi connectivity index (χ0v) is 25.0. The van der Waals surface area contributed by atoms with E-state index in [0.29, 0.717) is 0 Å². The van der Waals surface area contributed by atoms with Gasteiger partial charge in [-0.1, -0.05) is 0 Å². The molecule has 0 aromatic heterocycles. The van der Waals surface area contributed by atoms with E-state index in [9.17, 15) is 5.11 Å². The number of hydrogen-bond acceptors (Lipinski definition) is 2. The van der Waals surface area contributed by atoms with Gasteiger partial charge < -0.3 is 0 Å². The Kier molecular flexibility index (Phi) is 14.7. The average molecular weight is 531 g/mol. The Bertz CT molecular complexity index is 458. The fraction of sp³-hybridized carbons (Fsp3) is 0.840. The summed E-state index contributed by atoms with van der Waals surface area (Å²) >= 11 is -2.38. The molecule has 29 heavy (non-hydrogen) atoms. The summed E-state index contributed by atoms with van der Waals surface area (Å²) in [5.41, 5.74) is 0. The molecule has 0 aliphatic heterocycles. The second-order valence-corrected chi connectivity index (χ2v) is 28.2. The van der Waals surface area contributed by atoms with E-state index in [2.05, 4.69) is 64.8 Å². The van der Waals surface area contributed by atoms with Crippen LogP contribution in [0, 0.1) is 0 Å². The first-order valence-electron chi connectivity index (χ1n) is 12.2. The summed E-state index contributed by atoms with van der Waals surface area (Å²) in [4.78, 5) is 0. The molecule has 2 nitrogen and oxygen atoms in total. The van der Waals surface area contributed by atoms with Crippen LogP contribution in [-0.2, 0) is 4.43 Å². The quantitative estimate of drug-likeness (QED) is 0.170. The van der Waals surface area contributed by atoms with Gasteiger partial charge in [0.15, 0.2) is 0 Å². The van der Waals surface area contributed by atoms with Gasteiger partial charge in [-0.25, -0.2) is 0 Å². The van der Waals surface area contributed by atoms with Crippen molar-refractivity contribution in [2.75, 3.05) is 0 Å². The second kappa shape index (κ2) is 14.5. The van der Waals surface area contributed by atoms with Crippen LogP contribution in [0.3, 0.4) is 0 Å². The van der Waals surface area contributed by atoms with E-state index in [1.807, 2.05) is 19.1 Å². The fourth-order valence-electron chi connectivity index (χ4n) is 3.56. The van der Waals surface area contributed by atoms with Crippen molar-refractivity contribution in [1.29, 1.82) is 0 Å². The normalized spacial score (nSPS) is 16.1. The standard InChI is InChI=1S/C13H25O2Si.3C4H9.Sn/c1-8-10-11(14)12(9-2)15-16(6,7)13(3,4)5;3*1-3-4-2;/h2,8-12,14H,1,3-7H3;3*1,3-4H2,2H3;/b9-2?,10-8+;;;;/t11-,12+;;;;/m0..../s1. The summed E-state index contributed by atoms with van der Waals surface area (Å²) in [7, 11) is -1.95. The minimum absolute atomic E-state index is 0.141. The maximum atomic E-state index is 10.8. The Morgan fingerprint density at radius 1 is 0.897 bits per heavy atom. The van der Waals surface area contributed by atoms with Crippen LogP contribution in [0.1, 0.15) is 87.0 Å². The average Bonchev–Trinajstić information content (AvgIpc) is 2.64. The third-order valence-corrected chi connectivity index (χ3v) is 25.3. The molecule has 2 atom stereocenters. The monoisotopic (exact) mass is 532 g/mol. The van der Waals surface area contributed by atoms with Crippen molar-refractivity contribution < 1.29 is 9.53 Å². The van der Waals surface area contributed by atoms with Gasteiger partial charge >= 0.3 is 189 Å². The summed E-state index contributed by atoms with van der Waals surface area (Å²) in [6.07, 6.45) is 13.3. The zero-order chi connectivity index (χ0) is 22.6. The van der Waals surface area contributed by atoms with E-state index in [-0.39, 0.29) is 11.1 Å². The zero-order valence-electron chi connectivity index (χ0n) is 21.2. The third-order valence-electron chi connectivity index (χ3n) is 6.69. The van der Waals surface area contributed by atoms with Crippen LogP contribution in [0.15, 0.2) is 22.3 Å². The molecule has 0 aromatic rings. The van der Waals surface area contributed by atoms with Crippen molar-refractivity contribution in [3.05, 3.63) is 22.3 Å². The number of rotatable bonds is 15. The van der Waals surface area contributed by atoms with Crippen LogP contribution in [-0.4, -0.2) is 44.0 Å². The molecule has 0 amide bonds. The van der Waals surface area contributed by atoms with Gasteiger partial charge in [-0.05, 0) is 0 Å². The topological polar surface area (TPSA) is 29.5 Å². The van der Waals surface area contributed by atoms with E-state index < -0.39 is 32.8 Å². The van der Waals surface area contributed by atoms with Gasteiger partial charge in [-0.2, -0.15) is 0 Å². The van der Waals surface area contributed by atoms with Crippen LogP contribution in [0.25, 0.3) is 0 Å². The van der Waals surface area contributed by atoms with Crippen molar-refractivity contribution >= 4 is 26.7 Å². The molecule has 0 spiro atoms. The Morgan fingerprint density at radius 3 is 1.69 bits per heavy atom. The molecule has 0 radical (unpaired) electrons. The number of allylic oxidation sites excluding steroid dienone is 1. The van der Waals surface area contributed by atoms with E-state index in [4.69, 9.17) is 4.43 Å². The summed E-state index contributed by atoms with van der Waals surface area (Å²) in [5, 5.41) is 11.0. The molecule has 0 heterocycles. The first-order chi connectivity index (χ1) is 13.5. The molecule has 0 bridgehead atoms. The van der Waals surface area contributed by atoms with Gasteiger partial charge in [-0.15, -0.1) is 0 Å². The summed E-state index contributed by atoms with van der Waals surface area (Å²) in [6.45, 7) is 20.3.